The number of furan rings is 1. The van der Waals surface area contributed by atoms with Crippen molar-refractivity contribution in [3.05, 3.63) is 23.1 Å². The maximum absolute atomic E-state index is 11.3. The molecular formula is C10H17ClN2O3S. The van der Waals surface area contributed by atoms with E-state index in [4.69, 9.17) is 21.9 Å². The molecule has 1 aromatic rings. The third-order valence-corrected chi connectivity index (χ3v) is 4.52. The SMILES string of the molecule is CCS(=O)(=O)CCCC(NN)c1ccc(Cl)o1. The summed E-state index contributed by atoms with van der Waals surface area (Å²) in [6, 6.07) is 3.14. The van der Waals surface area contributed by atoms with Crippen LogP contribution in [0.3, 0.4) is 0 Å². The Balaban J connectivity index is 2.49. The first-order chi connectivity index (χ1) is 7.98. The van der Waals surface area contributed by atoms with Crippen molar-refractivity contribution in [2.45, 2.75) is 25.8 Å². The van der Waals surface area contributed by atoms with Crippen molar-refractivity contribution in [3.8, 4) is 0 Å². The molecule has 17 heavy (non-hydrogen) atoms. The standard InChI is InChI=1S/C10H17ClN2O3S/c1-2-17(14,15)7-3-4-8(13-12)9-5-6-10(11)16-9/h5-6,8,13H,2-4,7,12H2,1H3. The molecule has 0 fully saturated rings. The number of nitrogens with one attached hydrogen (secondary N) is 1. The number of hydrazine groups is 1. The third kappa shape index (κ3) is 4.67. The largest absolute Gasteiger partial charge is 0.448 e. The molecule has 1 aromatic heterocycles. The highest BCUT2D eigenvalue weighted by molar-refractivity contribution is 7.91. The molecule has 5 nitrogen and oxygen atoms in total. The molecule has 1 rings (SSSR count). The average Bonchev–Trinajstić information content (AvgIpc) is 2.71. The Bertz CT molecular complexity index is 444. The topological polar surface area (TPSA) is 85.3 Å². The Morgan fingerprint density at radius 1 is 1.53 bits per heavy atom. The lowest BCUT2D eigenvalue weighted by molar-refractivity contribution is 0.399. The Labute approximate surface area is 106 Å². The number of halogens is 1. The van der Waals surface area contributed by atoms with Crippen molar-refractivity contribution >= 4 is 21.4 Å². The molecule has 0 spiro atoms. The maximum atomic E-state index is 11.3. The number of rotatable bonds is 7. The van der Waals surface area contributed by atoms with Gasteiger partial charge in [0.15, 0.2) is 5.22 Å². The smallest absolute Gasteiger partial charge is 0.193 e. The Morgan fingerprint density at radius 2 is 2.24 bits per heavy atom. The molecule has 7 heteroatoms. The molecule has 98 valence electrons. The second kappa shape index (κ2) is 6.39. The van der Waals surface area contributed by atoms with Crippen LogP contribution in [0, 0.1) is 0 Å². The van der Waals surface area contributed by atoms with Crippen LogP contribution in [-0.4, -0.2) is 19.9 Å². The van der Waals surface area contributed by atoms with E-state index in [1.165, 1.54) is 0 Å². The second-order valence-electron chi connectivity index (χ2n) is 3.74. The number of nitrogens with two attached hydrogens (primary N) is 1. The molecule has 1 unspecified atom stereocenters. The number of sulfone groups is 1. The van der Waals surface area contributed by atoms with Gasteiger partial charge in [0.25, 0.3) is 0 Å². The van der Waals surface area contributed by atoms with E-state index in [1.807, 2.05) is 0 Å². The summed E-state index contributed by atoms with van der Waals surface area (Å²) in [4.78, 5) is 0. The van der Waals surface area contributed by atoms with Crippen LogP contribution in [0.15, 0.2) is 16.5 Å². The molecule has 0 aliphatic heterocycles. The van der Waals surface area contributed by atoms with Crippen molar-refractivity contribution in [1.82, 2.24) is 5.43 Å². The zero-order valence-corrected chi connectivity index (χ0v) is 11.2. The van der Waals surface area contributed by atoms with Gasteiger partial charge in [-0.3, -0.25) is 5.84 Å². The summed E-state index contributed by atoms with van der Waals surface area (Å²) in [6.07, 6.45) is 1.11. The molecule has 0 amide bonds. The number of hydrogen-bond acceptors (Lipinski definition) is 5. The lowest BCUT2D eigenvalue weighted by Crippen LogP contribution is -2.28. The van der Waals surface area contributed by atoms with Gasteiger partial charge in [-0.2, -0.15) is 0 Å². The highest BCUT2D eigenvalue weighted by Crippen LogP contribution is 2.23. The fraction of sp³-hybridized carbons (Fsp3) is 0.600. The van der Waals surface area contributed by atoms with Crippen molar-refractivity contribution < 1.29 is 12.8 Å². The molecule has 0 bridgehead atoms. The zero-order valence-electron chi connectivity index (χ0n) is 9.65. The van der Waals surface area contributed by atoms with E-state index in [-0.39, 0.29) is 17.5 Å². The average molecular weight is 281 g/mol. The predicted octanol–water partition coefficient (Wildman–Crippen LogP) is 1.65. The van der Waals surface area contributed by atoms with Crippen molar-refractivity contribution in [3.63, 3.8) is 0 Å². The lowest BCUT2D eigenvalue weighted by atomic mass is 10.1. The number of hydrogen-bond donors (Lipinski definition) is 2. The van der Waals surface area contributed by atoms with Gasteiger partial charge < -0.3 is 4.42 Å². The lowest BCUT2D eigenvalue weighted by Gasteiger charge is -2.12. The Morgan fingerprint density at radius 3 is 2.71 bits per heavy atom. The fourth-order valence-electron chi connectivity index (χ4n) is 1.47. The summed E-state index contributed by atoms with van der Waals surface area (Å²) in [5, 5.41) is 0.293. The van der Waals surface area contributed by atoms with Gasteiger partial charge >= 0.3 is 0 Å². The minimum atomic E-state index is -2.93. The maximum Gasteiger partial charge on any atom is 0.193 e. The van der Waals surface area contributed by atoms with E-state index in [1.54, 1.807) is 19.1 Å². The normalized spacial score (nSPS) is 13.8. The molecular weight excluding hydrogens is 264 g/mol. The summed E-state index contributed by atoms with van der Waals surface area (Å²) in [5.41, 5.74) is 2.59. The van der Waals surface area contributed by atoms with E-state index in [2.05, 4.69) is 5.43 Å². The molecule has 0 saturated heterocycles. The van der Waals surface area contributed by atoms with Crippen LogP contribution in [-0.2, 0) is 9.84 Å². The fourth-order valence-corrected chi connectivity index (χ4v) is 2.52. The monoisotopic (exact) mass is 280 g/mol. The summed E-state index contributed by atoms with van der Waals surface area (Å²) in [5.74, 6) is 6.34. The van der Waals surface area contributed by atoms with Gasteiger partial charge in [0.2, 0.25) is 0 Å². The quantitative estimate of drug-likeness (QED) is 0.586. The highest BCUT2D eigenvalue weighted by atomic mass is 35.5. The predicted molar refractivity (Wildman–Crippen MR) is 67.3 cm³/mol. The zero-order chi connectivity index (χ0) is 12.9. The first-order valence-corrected chi connectivity index (χ1v) is 7.60. The van der Waals surface area contributed by atoms with E-state index >= 15 is 0 Å². The summed E-state index contributed by atoms with van der Waals surface area (Å²) in [7, 11) is -2.93. The van der Waals surface area contributed by atoms with E-state index in [0.29, 0.717) is 23.8 Å². The molecule has 0 aliphatic carbocycles. The molecule has 0 aromatic carbocycles. The van der Waals surface area contributed by atoms with Crippen LogP contribution in [0.4, 0.5) is 0 Å². The van der Waals surface area contributed by atoms with Crippen molar-refractivity contribution in [2.24, 2.45) is 5.84 Å². The molecule has 1 atom stereocenters. The van der Waals surface area contributed by atoms with Crippen molar-refractivity contribution in [1.29, 1.82) is 0 Å². The van der Waals surface area contributed by atoms with Crippen LogP contribution in [0.2, 0.25) is 5.22 Å². The van der Waals surface area contributed by atoms with Gasteiger partial charge in [-0.25, -0.2) is 13.8 Å². The minimum absolute atomic E-state index is 0.163. The van der Waals surface area contributed by atoms with Gasteiger partial charge in [0.1, 0.15) is 15.6 Å². The summed E-state index contributed by atoms with van der Waals surface area (Å²) < 4.78 is 27.8. The van der Waals surface area contributed by atoms with Crippen LogP contribution < -0.4 is 11.3 Å². The van der Waals surface area contributed by atoms with E-state index < -0.39 is 9.84 Å². The molecule has 1 heterocycles. The van der Waals surface area contributed by atoms with Crippen LogP contribution in [0.1, 0.15) is 31.6 Å². The molecule has 3 N–H and O–H groups in total. The van der Waals surface area contributed by atoms with E-state index in [0.717, 1.165) is 0 Å². The van der Waals surface area contributed by atoms with Crippen LogP contribution >= 0.6 is 11.6 Å². The van der Waals surface area contributed by atoms with Gasteiger partial charge in [-0.15, -0.1) is 0 Å². The Hall–Kier alpha value is -0.560. The van der Waals surface area contributed by atoms with Crippen LogP contribution in [0.25, 0.3) is 0 Å². The van der Waals surface area contributed by atoms with E-state index in [9.17, 15) is 8.42 Å². The third-order valence-electron chi connectivity index (χ3n) is 2.53. The summed E-state index contributed by atoms with van der Waals surface area (Å²) >= 11 is 5.66. The first kappa shape index (κ1) is 14.5. The Kier molecular flexibility index (Phi) is 5.45. The van der Waals surface area contributed by atoms with Crippen molar-refractivity contribution in [2.75, 3.05) is 11.5 Å². The van der Waals surface area contributed by atoms with Gasteiger partial charge in [0.05, 0.1) is 11.8 Å². The first-order valence-electron chi connectivity index (χ1n) is 5.40. The van der Waals surface area contributed by atoms with Crippen LogP contribution in [0.5, 0.6) is 0 Å². The van der Waals surface area contributed by atoms with Gasteiger partial charge in [0, 0.05) is 5.75 Å². The minimum Gasteiger partial charge on any atom is -0.448 e. The molecule has 0 radical (unpaired) electrons. The van der Waals surface area contributed by atoms with Gasteiger partial charge in [-0.05, 0) is 36.6 Å². The van der Waals surface area contributed by atoms with Gasteiger partial charge in [-0.1, -0.05) is 6.92 Å². The molecule has 0 aliphatic rings. The second-order valence-corrected chi connectivity index (χ2v) is 6.58. The highest BCUT2D eigenvalue weighted by Gasteiger charge is 2.15. The molecule has 0 saturated carbocycles. The summed E-state index contributed by atoms with van der Waals surface area (Å²) in [6.45, 7) is 1.64.